The molecular formula is C15H21N3O. The van der Waals surface area contributed by atoms with Crippen LogP contribution in [0.1, 0.15) is 26.1 Å². The molecule has 0 saturated carbocycles. The molecule has 0 saturated heterocycles. The summed E-state index contributed by atoms with van der Waals surface area (Å²) in [4.78, 5) is 7.73. The van der Waals surface area contributed by atoms with Gasteiger partial charge < -0.3 is 15.0 Å². The van der Waals surface area contributed by atoms with Gasteiger partial charge in [0.1, 0.15) is 11.6 Å². The number of nitrogens with zero attached hydrogens (tertiary/aromatic N) is 1. The number of benzene rings is 1. The molecule has 0 fully saturated rings. The molecule has 0 aliphatic heterocycles. The third kappa shape index (κ3) is 3.58. The second-order valence-electron chi connectivity index (χ2n) is 4.67. The van der Waals surface area contributed by atoms with Gasteiger partial charge in [0, 0.05) is 11.6 Å². The Kier molecular flexibility index (Phi) is 4.58. The van der Waals surface area contributed by atoms with E-state index in [9.17, 15) is 0 Å². The number of ether oxygens (including phenoxy) is 1. The van der Waals surface area contributed by atoms with Gasteiger partial charge in [-0.3, -0.25) is 0 Å². The number of hydrogen-bond donors (Lipinski definition) is 2. The SMILES string of the molecule is CCC(C)NCc1ncc(-c2cccc(OC)c2)[nH]1. The fraction of sp³-hybridized carbons (Fsp3) is 0.400. The first-order valence-corrected chi connectivity index (χ1v) is 6.64. The van der Waals surface area contributed by atoms with Crippen LogP contribution in [-0.4, -0.2) is 23.1 Å². The van der Waals surface area contributed by atoms with Gasteiger partial charge >= 0.3 is 0 Å². The molecular weight excluding hydrogens is 238 g/mol. The fourth-order valence-electron chi connectivity index (χ4n) is 1.80. The van der Waals surface area contributed by atoms with E-state index in [2.05, 4.69) is 29.1 Å². The van der Waals surface area contributed by atoms with E-state index < -0.39 is 0 Å². The first-order chi connectivity index (χ1) is 9.22. The zero-order chi connectivity index (χ0) is 13.7. The molecule has 1 unspecified atom stereocenters. The molecule has 0 aliphatic carbocycles. The van der Waals surface area contributed by atoms with E-state index in [1.807, 2.05) is 30.5 Å². The van der Waals surface area contributed by atoms with Crippen LogP contribution in [0.3, 0.4) is 0 Å². The lowest BCUT2D eigenvalue weighted by molar-refractivity contribution is 0.415. The first kappa shape index (κ1) is 13.6. The monoisotopic (exact) mass is 259 g/mol. The summed E-state index contributed by atoms with van der Waals surface area (Å²) in [6.07, 6.45) is 2.98. The Morgan fingerprint density at radius 2 is 2.26 bits per heavy atom. The van der Waals surface area contributed by atoms with Crippen LogP contribution in [0, 0.1) is 0 Å². The predicted molar refractivity (Wildman–Crippen MR) is 77.2 cm³/mol. The molecule has 0 radical (unpaired) electrons. The van der Waals surface area contributed by atoms with Crippen molar-refractivity contribution < 1.29 is 4.74 Å². The smallest absolute Gasteiger partial charge is 0.120 e. The molecule has 1 aromatic heterocycles. The summed E-state index contributed by atoms with van der Waals surface area (Å²) >= 11 is 0. The second-order valence-corrected chi connectivity index (χ2v) is 4.67. The molecule has 0 aliphatic rings. The highest BCUT2D eigenvalue weighted by molar-refractivity contribution is 5.60. The van der Waals surface area contributed by atoms with Gasteiger partial charge in [-0.2, -0.15) is 0 Å². The number of aromatic amines is 1. The van der Waals surface area contributed by atoms with Gasteiger partial charge in [0.2, 0.25) is 0 Å². The Bertz CT molecular complexity index is 522. The van der Waals surface area contributed by atoms with E-state index >= 15 is 0 Å². The van der Waals surface area contributed by atoms with E-state index in [0.29, 0.717) is 6.04 Å². The maximum atomic E-state index is 5.23. The largest absolute Gasteiger partial charge is 0.497 e. The summed E-state index contributed by atoms with van der Waals surface area (Å²) in [5, 5.41) is 3.42. The Balaban J connectivity index is 2.07. The van der Waals surface area contributed by atoms with Crippen LogP contribution in [0.25, 0.3) is 11.3 Å². The quantitative estimate of drug-likeness (QED) is 0.838. The lowest BCUT2D eigenvalue weighted by Gasteiger charge is -2.09. The number of rotatable bonds is 6. The third-order valence-electron chi connectivity index (χ3n) is 3.24. The fourth-order valence-corrected chi connectivity index (χ4v) is 1.80. The minimum atomic E-state index is 0.505. The molecule has 0 amide bonds. The molecule has 0 spiro atoms. The van der Waals surface area contributed by atoms with Gasteiger partial charge in [0.05, 0.1) is 25.5 Å². The van der Waals surface area contributed by atoms with Crippen molar-refractivity contribution in [1.29, 1.82) is 0 Å². The number of nitrogens with one attached hydrogen (secondary N) is 2. The van der Waals surface area contributed by atoms with Crippen molar-refractivity contribution in [2.24, 2.45) is 0 Å². The number of methoxy groups -OCH3 is 1. The van der Waals surface area contributed by atoms with Crippen LogP contribution in [-0.2, 0) is 6.54 Å². The van der Waals surface area contributed by atoms with Crippen molar-refractivity contribution in [3.63, 3.8) is 0 Å². The van der Waals surface area contributed by atoms with Crippen LogP contribution in [0.2, 0.25) is 0 Å². The highest BCUT2D eigenvalue weighted by atomic mass is 16.5. The summed E-state index contributed by atoms with van der Waals surface area (Å²) in [6.45, 7) is 5.10. The maximum Gasteiger partial charge on any atom is 0.120 e. The average molecular weight is 259 g/mol. The molecule has 4 nitrogen and oxygen atoms in total. The molecule has 4 heteroatoms. The van der Waals surface area contributed by atoms with Crippen molar-refractivity contribution in [3.05, 3.63) is 36.3 Å². The number of hydrogen-bond acceptors (Lipinski definition) is 3. The third-order valence-corrected chi connectivity index (χ3v) is 3.24. The van der Waals surface area contributed by atoms with Gasteiger partial charge in [-0.1, -0.05) is 19.1 Å². The zero-order valence-corrected chi connectivity index (χ0v) is 11.7. The van der Waals surface area contributed by atoms with E-state index in [1.54, 1.807) is 7.11 Å². The van der Waals surface area contributed by atoms with Crippen LogP contribution < -0.4 is 10.1 Å². The van der Waals surface area contributed by atoms with Crippen molar-refractivity contribution in [1.82, 2.24) is 15.3 Å². The Labute approximate surface area is 114 Å². The maximum absolute atomic E-state index is 5.23. The van der Waals surface area contributed by atoms with E-state index in [0.717, 1.165) is 35.8 Å². The molecule has 2 aromatic rings. The van der Waals surface area contributed by atoms with Crippen LogP contribution in [0.4, 0.5) is 0 Å². The summed E-state index contributed by atoms with van der Waals surface area (Å²) in [6, 6.07) is 8.46. The van der Waals surface area contributed by atoms with Crippen LogP contribution in [0.15, 0.2) is 30.5 Å². The van der Waals surface area contributed by atoms with E-state index in [1.165, 1.54) is 0 Å². The van der Waals surface area contributed by atoms with Crippen LogP contribution in [0.5, 0.6) is 5.75 Å². The number of aromatic nitrogens is 2. The van der Waals surface area contributed by atoms with E-state index in [4.69, 9.17) is 4.74 Å². The molecule has 1 heterocycles. The summed E-state index contributed by atoms with van der Waals surface area (Å²) < 4.78 is 5.23. The molecule has 102 valence electrons. The van der Waals surface area contributed by atoms with Gasteiger partial charge in [0.25, 0.3) is 0 Å². The highest BCUT2D eigenvalue weighted by Crippen LogP contribution is 2.22. The average Bonchev–Trinajstić information content (AvgIpc) is 2.93. The summed E-state index contributed by atoms with van der Waals surface area (Å²) in [7, 11) is 1.67. The standard InChI is InChI=1S/C15H21N3O/c1-4-11(2)16-10-15-17-9-14(18-15)12-6-5-7-13(8-12)19-3/h5-9,11,16H,4,10H2,1-3H3,(H,17,18). The van der Waals surface area contributed by atoms with Gasteiger partial charge in [0.15, 0.2) is 0 Å². The van der Waals surface area contributed by atoms with Gasteiger partial charge in [-0.05, 0) is 25.5 Å². The topological polar surface area (TPSA) is 49.9 Å². The number of imidazole rings is 1. The Hall–Kier alpha value is -1.81. The highest BCUT2D eigenvalue weighted by Gasteiger charge is 2.05. The predicted octanol–water partition coefficient (Wildman–Crippen LogP) is 2.97. The molecule has 2 N–H and O–H groups in total. The van der Waals surface area contributed by atoms with Crippen molar-refractivity contribution in [3.8, 4) is 17.0 Å². The summed E-state index contributed by atoms with van der Waals surface area (Å²) in [5.74, 6) is 1.81. The zero-order valence-electron chi connectivity index (χ0n) is 11.7. The minimum Gasteiger partial charge on any atom is -0.497 e. The summed E-state index contributed by atoms with van der Waals surface area (Å²) in [5.41, 5.74) is 2.10. The molecule has 1 aromatic carbocycles. The van der Waals surface area contributed by atoms with Crippen molar-refractivity contribution >= 4 is 0 Å². The first-order valence-electron chi connectivity index (χ1n) is 6.64. The molecule has 0 bridgehead atoms. The molecule has 19 heavy (non-hydrogen) atoms. The van der Waals surface area contributed by atoms with Crippen LogP contribution >= 0.6 is 0 Å². The number of H-pyrrole nitrogens is 1. The Morgan fingerprint density at radius 3 is 3.00 bits per heavy atom. The van der Waals surface area contributed by atoms with Crippen molar-refractivity contribution in [2.45, 2.75) is 32.9 Å². The molecule has 1 atom stereocenters. The van der Waals surface area contributed by atoms with E-state index in [-0.39, 0.29) is 0 Å². The molecule has 2 rings (SSSR count). The Morgan fingerprint density at radius 1 is 1.42 bits per heavy atom. The van der Waals surface area contributed by atoms with Gasteiger partial charge in [-0.25, -0.2) is 4.98 Å². The minimum absolute atomic E-state index is 0.505. The lowest BCUT2D eigenvalue weighted by atomic mass is 10.1. The normalized spacial score (nSPS) is 12.4. The van der Waals surface area contributed by atoms with Gasteiger partial charge in [-0.15, -0.1) is 0 Å². The second kappa shape index (κ2) is 6.38. The lowest BCUT2D eigenvalue weighted by Crippen LogP contribution is -2.24. The van der Waals surface area contributed by atoms with Crippen molar-refractivity contribution in [2.75, 3.05) is 7.11 Å².